The molecule has 0 rings (SSSR count). The molecule has 0 aliphatic rings. The number of rotatable bonds is 5. The van der Waals surface area contributed by atoms with Crippen molar-refractivity contribution in [3.63, 3.8) is 0 Å². The van der Waals surface area contributed by atoms with Gasteiger partial charge in [-0.25, -0.2) is 0 Å². The predicted octanol–water partition coefficient (Wildman–Crippen LogP) is 1.89. The van der Waals surface area contributed by atoms with Crippen LogP contribution in [0.4, 0.5) is 0 Å². The number of hydrogen-bond acceptors (Lipinski definition) is 2. The minimum absolute atomic E-state index is 0.0402. The third-order valence-corrected chi connectivity index (χ3v) is 1.71. The zero-order valence-electron chi connectivity index (χ0n) is 5.67. The molecule has 0 spiro atoms. The Bertz CT molecular complexity index is 152. The van der Waals surface area contributed by atoms with Gasteiger partial charge in [-0.3, -0.25) is 4.79 Å². The van der Waals surface area contributed by atoms with E-state index in [0.29, 0.717) is 4.91 Å². The maximum atomic E-state index is 10.1. The average molecular weight is 158 g/mol. The first-order chi connectivity index (χ1) is 4.66. The number of hydrogen-bond donors (Lipinski definition) is 1. The van der Waals surface area contributed by atoms with E-state index in [1.54, 1.807) is 6.08 Å². The van der Waals surface area contributed by atoms with Gasteiger partial charge in [-0.15, -0.1) is 18.3 Å². The van der Waals surface area contributed by atoms with Crippen LogP contribution < -0.4 is 0 Å². The summed E-state index contributed by atoms with van der Waals surface area (Å²) in [5.74, 6) is -0.104. The van der Waals surface area contributed by atoms with Gasteiger partial charge < -0.3 is 5.11 Å². The Kier molecular flexibility index (Phi) is 4.76. The van der Waals surface area contributed by atoms with Crippen molar-refractivity contribution in [2.24, 2.45) is 0 Å². The van der Waals surface area contributed by atoms with Crippen LogP contribution in [0.1, 0.15) is 6.42 Å². The second kappa shape index (κ2) is 5.11. The SMILES string of the molecule is C=CCSC(=C)CC(=O)O. The molecule has 2 nitrogen and oxygen atoms in total. The molecule has 0 saturated heterocycles. The molecular formula is C7H10O2S. The zero-order chi connectivity index (χ0) is 7.98. The number of carbonyl (C=O) groups is 1. The fourth-order valence-corrected chi connectivity index (χ4v) is 0.976. The molecule has 0 bridgehead atoms. The fraction of sp³-hybridized carbons (Fsp3) is 0.286. The van der Waals surface area contributed by atoms with Crippen LogP contribution in [0.2, 0.25) is 0 Å². The van der Waals surface area contributed by atoms with E-state index in [2.05, 4.69) is 13.2 Å². The van der Waals surface area contributed by atoms with E-state index < -0.39 is 5.97 Å². The molecule has 0 aliphatic carbocycles. The van der Waals surface area contributed by atoms with E-state index in [1.807, 2.05) is 0 Å². The van der Waals surface area contributed by atoms with Crippen molar-refractivity contribution in [2.75, 3.05) is 5.75 Å². The van der Waals surface area contributed by atoms with Crippen molar-refractivity contribution >= 4 is 17.7 Å². The van der Waals surface area contributed by atoms with Crippen molar-refractivity contribution in [2.45, 2.75) is 6.42 Å². The van der Waals surface area contributed by atoms with Crippen LogP contribution in [0.25, 0.3) is 0 Å². The van der Waals surface area contributed by atoms with Crippen LogP contribution in [0.3, 0.4) is 0 Å². The summed E-state index contributed by atoms with van der Waals surface area (Å²) in [5, 5.41) is 8.28. The Morgan fingerprint density at radius 1 is 1.70 bits per heavy atom. The third kappa shape index (κ3) is 5.44. The lowest BCUT2D eigenvalue weighted by molar-refractivity contribution is -0.136. The molecule has 10 heavy (non-hydrogen) atoms. The number of carboxylic acid groups (broad SMARTS) is 1. The van der Waals surface area contributed by atoms with Gasteiger partial charge in [-0.1, -0.05) is 12.7 Å². The first-order valence-electron chi connectivity index (χ1n) is 2.80. The molecule has 0 atom stereocenters. The first-order valence-corrected chi connectivity index (χ1v) is 3.78. The van der Waals surface area contributed by atoms with Gasteiger partial charge in [-0.05, 0) is 4.91 Å². The standard InChI is InChI=1S/C7H10O2S/c1-3-4-10-6(2)5-7(8)9/h3H,1-2,4-5H2,(H,8,9). The van der Waals surface area contributed by atoms with Crippen molar-refractivity contribution in [3.05, 3.63) is 24.1 Å². The summed E-state index contributed by atoms with van der Waals surface area (Å²) in [5.41, 5.74) is 0. The summed E-state index contributed by atoms with van der Waals surface area (Å²) in [7, 11) is 0. The van der Waals surface area contributed by atoms with Gasteiger partial charge in [-0.2, -0.15) is 0 Å². The summed E-state index contributed by atoms with van der Waals surface area (Å²) in [4.78, 5) is 10.7. The monoisotopic (exact) mass is 158 g/mol. The summed E-state index contributed by atoms with van der Waals surface area (Å²) in [6.07, 6.45) is 1.76. The Morgan fingerprint density at radius 2 is 2.30 bits per heavy atom. The Labute approximate surface area is 64.6 Å². The number of carboxylic acids is 1. The van der Waals surface area contributed by atoms with E-state index in [1.165, 1.54) is 11.8 Å². The quantitative estimate of drug-likeness (QED) is 0.621. The fourth-order valence-electron chi connectivity index (χ4n) is 0.396. The van der Waals surface area contributed by atoms with Crippen molar-refractivity contribution < 1.29 is 9.90 Å². The van der Waals surface area contributed by atoms with E-state index in [4.69, 9.17) is 5.11 Å². The summed E-state index contributed by atoms with van der Waals surface area (Å²) >= 11 is 1.41. The van der Waals surface area contributed by atoms with Crippen LogP contribution in [-0.2, 0) is 4.79 Å². The molecule has 0 aliphatic heterocycles. The summed E-state index contributed by atoms with van der Waals surface area (Å²) < 4.78 is 0. The van der Waals surface area contributed by atoms with Crippen LogP contribution in [0.5, 0.6) is 0 Å². The van der Waals surface area contributed by atoms with Gasteiger partial charge in [0.05, 0.1) is 6.42 Å². The second-order valence-corrected chi connectivity index (χ2v) is 2.91. The third-order valence-electron chi connectivity index (χ3n) is 0.754. The Morgan fingerprint density at radius 3 is 2.70 bits per heavy atom. The molecule has 0 heterocycles. The largest absolute Gasteiger partial charge is 0.481 e. The van der Waals surface area contributed by atoms with Gasteiger partial charge >= 0.3 is 5.97 Å². The maximum absolute atomic E-state index is 10.1. The lowest BCUT2D eigenvalue weighted by atomic mass is 10.4. The highest BCUT2D eigenvalue weighted by atomic mass is 32.2. The zero-order valence-corrected chi connectivity index (χ0v) is 6.49. The van der Waals surface area contributed by atoms with Crippen LogP contribution in [-0.4, -0.2) is 16.8 Å². The van der Waals surface area contributed by atoms with Gasteiger partial charge in [0, 0.05) is 5.75 Å². The molecule has 1 N–H and O–H groups in total. The average Bonchev–Trinajstić information content (AvgIpc) is 1.82. The van der Waals surface area contributed by atoms with Gasteiger partial charge in [0.1, 0.15) is 0 Å². The molecule has 0 saturated carbocycles. The summed E-state index contributed by atoms with van der Waals surface area (Å²) in [6, 6.07) is 0. The lowest BCUT2D eigenvalue weighted by Gasteiger charge is -1.96. The second-order valence-electron chi connectivity index (χ2n) is 1.71. The maximum Gasteiger partial charge on any atom is 0.308 e. The molecule has 3 heteroatoms. The molecule has 0 aromatic rings. The van der Waals surface area contributed by atoms with Gasteiger partial charge in [0.2, 0.25) is 0 Å². The Balaban J connectivity index is 3.43. The minimum atomic E-state index is -0.832. The van der Waals surface area contributed by atoms with E-state index in [0.717, 1.165) is 5.75 Å². The van der Waals surface area contributed by atoms with Crippen LogP contribution >= 0.6 is 11.8 Å². The van der Waals surface area contributed by atoms with Gasteiger partial charge in [0.25, 0.3) is 0 Å². The number of thioether (sulfide) groups is 1. The van der Waals surface area contributed by atoms with E-state index in [-0.39, 0.29) is 6.42 Å². The number of aliphatic carboxylic acids is 1. The molecule has 0 aromatic heterocycles. The molecule has 0 amide bonds. The van der Waals surface area contributed by atoms with Crippen molar-refractivity contribution in [3.8, 4) is 0 Å². The highest BCUT2D eigenvalue weighted by Crippen LogP contribution is 2.16. The molecule has 0 aromatic carbocycles. The van der Waals surface area contributed by atoms with Crippen molar-refractivity contribution in [1.82, 2.24) is 0 Å². The normalized spacial score (nSPS) is 8.80. The summed E-state index contributed by atoms with van der Waals surface area (Å²) in [6.45, 7) is 7.07. The molecular weight excluding hydrogens is 148 g/mol. The molecule has 0 fully saturated rings. The molecule has 0 unspecified atom stereocenters. The van der Waals surface area contributed by atoms with E-state index >= 15 is 0 Å². The van der Waals surface area contributed by atoms with Crippen LogP contribution in [0, 0.1) is 0 Å². The molecule has 0 radical (unpaired) electrons. The van der Waals surface area contributed by atoms with Crippen molar-refractivity contribution in [1.29, 1.82) is 0 Å². The highest BCUT2D eigenvalue weighted by Gasteiger charge is 1.99. The topological polar surface area (TPSA) is 37.3 Å². The Hall–Kier alpha value is -0.700. The lowest BCUT2D eigenvalue weighted by Crippen LogP contribution is -1.93. The van der Waals surface area contributed by atoms with Gasteiger partial charge in [0.15, 0.2) is 0 Å². The molecule has 56 valence electrons. The predicted molar refractivity (Wildman–Crippen MR) is 44.0 cm³/mol. The first kappa shape index (κ1) is 9.30. The van der Waals surface area contributed by atoms with Crippen LogP contribution in [0.15, 0.2) is 24.1 Å². The smallest absolute Gasteiger partial charge is 0.308 e. The van der Waals surface area contributed by atoms with E-state index in [9.17, 15) is 4.79 Å². The highest BCUT2D eigenvalue weighted by molar-refractivity contribution is 8.03. The minimum Gasteiger partial charge on any atom is -0.481 e.